The number of nitrogens with one attached hydrogen (secondary N) is 2. The Morgan fingerprint density at radius 3 is 2.68 bits per heavy atom. The Morgan fingerprint density at radius 2 is 1.96 bits per heavy atom. The monoisotopic (exact) mass is 352 g/mol. The van der Waals surface area contributed by atoms with Crippen LogP contribution in [-0.4, -0.2) is 20.5 Å². The molecule has 0 bridgehead atoms. The Balaban J connectivity index is 1.65. The number of rotatable bonds is 4. The zero-order chi connectivity index (χ0) is 17.4. The summed E-state index contributed by atoms with van der Waals surface area (Å²) in [5.74, 6) is 0. The lowest BCUT2D eigenvalue weighted by Crippen LogP contribution is -2.30. The van der Waals surface area contributed by atoms with Gasteiger partial charge >= 0.3 is 0 Å². The van der Waals surface area contributed by atoms with Gasteiger partial charge in [0.05, 0.1) is 17.4 Å². The molecule has 0 unspecified atom stereocenters. The molecule has 1 aromatic heterocycles. The van der Waals surface area contributed by atoms with E-state index in [1.165, 1.54) is 12.8 Å². The summed E-state index contributed by atoms with van der Waals surface area (Å²) in [4.78, 5) is 12.6. The third kappa shape index (κ3) is 3.30. The van der Waals surface area contributed by atoms with E-state index in [-0.39, 0.29) is 5.56 Å². The molecule has 0 radical (unpaired) electrons. The molecule has 1 aliphatic carbocycles. The molecule has 25 heavy (non-hydrogen) atoms. The van der Waals surface area contributed by atoms with E-state index in [1.54, 1.807) is 11.7 Å². The average molecular weight is 352 g/mol. The molecule has 4 rings (SSSR count). The number of benzene rings is 2. The summed E-state index contributed by atoms with van der Waals surface area (Å²) < 4.78 is 3.67. The zero-order valence-corrected chi connectivity index (χ0v) is 14.8. The van der Waals surface area contributed by atoms with Crippen molar-refractivity contribution >= 4 is 33.9 Å². The van der Waals surface area contributed by atoms with Gasteiger partial charge in [0.1, 0.15) is 0 Å². The summed E-state index contributed by atoms with van der Waals surface area (Å²) in [6.45, 7) is 0.657. The Morgan fingerprint density at radius 1 is 1.20 bits per heavy atom. The van der Waals surface area contributed by atoms with Crippen LogP contribution in [0, 0.1) is 0 Å². The van der Waals surface area contributed by atoms with Gasteiger partial charge in [0.25, 0.3) is 5.56 Å². The molecule has 3 aromatic rings. The largest absolute Gasteiger partial charge is 0.360 e. The molecule has 2 aromatic carbocycles. The van der Waals surface area contributed by atoms with Crippen LogP contribution in [-0.2, 0) is 13.6 Å². The third-order valence-electron chi connectivity index (χ3n) is 4.51. The van der Waals surface area contributed by atoms with E-state index in [1.807, 2.05) is 41.1 Å². The van der Waals surface area contributed by atoms with E-state index in [9.17, 15) is 4.79 Å². The molecule has 1 aliphatic rings. The molecule has 0 saturated heterocycles. The number of anilines is 1. The first-order valence-electron chi connectivity index (χ1n) is 8.43. The van der Waals surface area contributed by atoms with Crippen LogP contribution in [0.3, 0.4) is 0 Å². The van der Waals surface area contributed by atoms with E-state index in [2.05, 4.69) is 22.8 Å². The number of hydrogen-bond donors (Lipinski definition) is 2. The van der Waals surface area contributed by atoms with Crippen molar-refractivity contribution in [3.05, 3.63) is 64.4 Å². The lowest BCUT2D eigenvalue weighted by atomic mass is 10.2. The molecule has 1 saturated carbocycles. The van der Waals surface area contributed by atoms with Crippen LogP contribution in [0.5, 0.6) is 0 Å². The number of fused-ring (bicyclic) bond motifs is 1. The molecule has 0 atom stereocenters. The fraction of sp³-hybridized carbons (Fsp3) is 0.263. The van der Waals surface area contributed by atoms with Gasteiger partial charge in [0.2, 0.25) is 0 Å². The molecule has 6 heteroatoms. The zero-order valence-electron chi connectivity index (χ0n) is 14.0. The Kier molecular flexibility index (Phi) is 4.05. The van der Waals surface area contributed by atoms with Gasteiger partial charge in [-0.2, -0.15) is 0 Å². The van der Waals surface area contributed by atoms with Gasteiger partial charge in [-0.1, -0.05) is 30.3 Å². The van der Waals surface area contributed by atoms with Gasteiger partial charge in [-0.25, -0.2) is 0 Å². The van der Waals surface area contributed by atoms with Crippen LogP contribution >= 0.6 is 12.2 Å². The van der Waals surface area contributed by atoms with E-state index in [0.29, 0.717) is 23.1 Å². The summed E-state index contributed by atoms with van der Waals surface area (Å²) in [6.07, 6.45) is 2.34. The van der Waals surface area contributed by atoms with Crippen molar-refractivity contribution in [1.29, 1.82) is 0 Å². The second kappa shape index (κ2) is 6.37. The predicted molar refractivity (Wildman–Crippen MR) is 105 cm³/mol. The topological polar surface area (TPSA) is 51.0 Å². The van der Waals surface area contributed by atoms with Crippen molar-refractivity contribution in [2.45, 2.75) is 25.4 Å². The minimum absolute atomic E-state index is 0.00403. The highest BCUT2D eigenvalue weighted by Crippen LogP contribution is 2.20. The van der Waals surface area contributed by atoms with Crippen molar-refractivity contribution in [1.82, 2.24) is 14.7 Å². The van der Waals surface area contributed by atoms with E-state index in [0.717, 1.165) is 16.8 Å². The van der Waals surface area contributed by atoms with Crippen LogP contribution < -0.4 is 16.2 Å². The first kappa shape index (κ1) is 15.9. The SMILES string of the molecule is Cn1c(=O)c2cc(NC(=S)NC3CC3)ccc2n1Cc1ccccc1. The normalized spacial score (nSPS) is 13.8. The van der Waals surface area contributed by atoms with Crippen LogP contribution in [0.4, 0.5) is 5.69 Å². The van der Waals surface area contributed by atoms with Crippen LogP contribution in [0.1, 0.15) is 18.4 Å². The van der Waals surface area contributed by atoms with Gasteiger partial charge < -0.3 is 10.6 Å². The molecule has 2 N–H and O–H groups in total. The maximum Gasteiger partial charge on any atom is 0.274 e. The summed E-state index contributed by atoms with van der Waals surface area (Å²) in [6, 6.07) is 16.5. The fourth-order valence-corrected chi connectivity index (χ4v) is 3.27. The first-order chi connectivity index (χ1) is 12.1. The van der Waals surface area contributed by atoms with E-state index >= 15 is 0 Å². The molecule has 0 spiro atoms. The van der Waals surface area contributed by atoms with E-state index < -0.39 is 0 Å². The molecular weight excluding hydrogens is 332 g/mol. The predicted octanol–water partition coefficient (Wildman–Crippen LogP) is 2.84. The van der Waals surface area contributed by atoms with Gasteiger partial charge in [-0.3, -0.25) is 14.2 Å². The molecule has 5 nitrogen and oxygen atoms in total. The molecule has 0 amide bonds. The first-order valence-corrected chi connectivity index (χ1v) is 8.83. The Labute approximate surface area is 151 Å². The van der Waals surface area contributed by atoms with Gasteiger partial charge in [-0.15, -0.1) is 0 Å². The molecule has 128 valence electrons. The molecule has 1 heterocycles. The van der Waals surface area contributed by atoms with Gasteiger partial charge in [0.15, 0.2) is 5.11 Å². The Bertz CT molecular complexity index is 986. The Hall–Kier alpha value is -2.60. The number of nitrogens with zero attached hydrogens (tertiary/aromatic N) is 2. The number of thiocarbonyl (C=S) groups is 1. The van der Waals surface area contributed by atoms with Crippen LogP contribution in [0.2, 0.25) is 0 Å². The maximum absolute atomic E-state index is 12.6. The molecular formula is C19H20N4OS. The second-order valence-electron chi connectivity index (χ2n) is 6.48. The number of aromatic nitrogens is 2. The van der Waals surface area contributed by atoms with Crippen molar-refractivity contribution in [3.8, 4) is 0 Å². The van der Waals surface area contributed by atoms with Crippen molar-refractivity contribution in [3.63, 3.8) is 0 Å². The van der Waals surface area contributed by atoms with Crippen LogP contribution in [0.25, 0.3) is 10.9 Å². The lowest BCUT2D eigenvalue weighted by molar-refractivity contribution is 0.554. The van der Waals surface area contributed by atoms with Crippen molar-refractivity contribution in [2.24, 2.45) is 7.05 Å². The van der Waals surface area contributed by atoms with Crippen molar-refractivity contribution < 1.29 is 0 Å². The summed E-state index contributed by atoms with van der Waals surface area (Å²) in [7, 11) is 1.80. The summed E-state index contributed by atoms with van der Waals surface area (Å²) in [5, 5.41) is 7.73. The molecule has 1 fully saturated rings. The smallest absolute Gasteiger partial charge is 0.274 e. The van der Waals surface area contributed by atoms with Gasteiger partial charge in [-0.05, 0) is 48.8 Å². The summed E-state index contributed by atoms with van der Waals surface area (Å²) in [5.41, 5.74) is 2.91. The standard InChI is InChI=1S/C19H20N4OS/c1-22-18(24)16-11-15(21-19(25)20-14-7-8-14)9-10-17(16)23(22)12-13-5-3-2-4-6-13/h2-6,9-11,14H,7-8,12H2,1H3,(H2,20,21,25). The van der Waals surface area contributed by atoms with E-state index in [4.69, 9.17) is 12.2 Å². The quantitative estimate of drug-likeness (QED) is 0.709. The second-order valence-corrected chi connectivity index (χ2v) is 6.88. The lowest BCUT2D eigenvalue weighted by Gasteiger charge is -2.11. The van der Waals surface area contributed by atoms with Crippen molar-refractivity contribution in [2.75, 3.05) is 5.32 Å². The highest BCUT2D eigenvalue weighted by molar-refractivity contribution is 7.80. The minimum Gasteiger partial charge on any atom is -0.360 e. The fourth-order valence-electron chi connectivity index (χ4n) is 2.98. The van der Waals surface area contributed by atoms with Crippen LogP contribution in [0.15, 0.2) is 53.3 Å². The number of hydrogen-bond acceptors (Lipinski definition) is 2. The van der Waals surface area contributed by atoms with Gasteiger partial charge in [0, 0.05) is 18.8 Å². The maximum atomic E-state index is 12.6. The average Bonchev–Trinajstić information content (AvgIpc) is 3.39. The minimum atomic E-state index is -0.00403. The highest BCUT2D eigenvalue weighted by atomic mass is 32.1. The summed E-state index contributed by atoms with van der Waals surface area (Å²) >= 11 is 5.31. The highest BCUT2D eigenvalue weighted by Gasteiger charge is 2.21. The molecule has 0 aliphatic heterocycles. The third-order valence-corrected chi connectivity index (χ3v) is 4.73.